The maximum Gasteiger partial charge on any atom is 0.305 e. The first-order chi connectivity index (χ1) is 12.1. The highest BCUT2D eigenvalue weighted by Gasteiger charge is 2.30. The number of methoxy groups -OCH3 is 1. The summed E-state index contributed by atoms with van der Waals surface area (Å²) in [5.74, 6) is -0.518. The Morgan fingerprint density at radius 2 is 2.08 bits per heavy atom. The van der Waals surface area contributed by atoms with Crippen LogP contribution in [0.3, 0.4) is 0 Å². The van der Waals surface area contributed by atoms with E-state index in [0.29, 0.717) is 13.2 Å². The molecule has 1 saturated heterocycles. The monoisotopic (exact) mass is 345 g/mol. The van der Waals surface area contributed by atoms with Crippen molar-refractivity contribution in [2.45, 2.75) is 12.5 Å². The van der Waals surface area contributed by atoms with Crippen LogP contribution in [0.25, 0.3) is 5.69 Å². The molecule has 1 aliphatic rings. The highest BCUT2D eigenvalue weighted by molar-refractivity contribution is 5.92. The predicted molar refractivity (Wildman–Crippen MR) is 88.0 cm³/mol. The van der Waals surface area contributed by atoms with Gasteiger partial charge < -0.3 is 19.5 Å². The summed E-state index contributed by atoms with van der Waals surface area (Å²) in [6.45, 7) is 0.963. The van der Waals surface area contributed by atoms with Crippen molar-refractivity contribution in [3.8, 4) is 11.4 Å². The first kappa shape index (κ1) is 17.0. The smallest absolute Gasteiger partial charge is 0.305 e. The number of hydrogen-bond donors (Lipinski definition) is 1. The summed E-state index contributed by atoms with van der Waals surface area (Å²) < 4.78 is 12.0. The fraction of sp³-hybridized carbons (Fsp3) is 0.353. The maximum absolute atomic E-state index is 12.7. The topological polar surface area (TPSA) is 93.9 Å². The van der Waals surface area contributed by atoms with E-state index in [1.807, 2.05) is 24.3 Å². The molecule has 8 nitrogen and oxygen atoms in total. The van der Waals surface area contributed by atoms with Crippen LogP contribution in [-0.2, 0) is 9.53 Å². The van der Waals surface area contributed by atoms with Gasteiger partial charge in [-0.3, -0.25) is 9.59 Å². The van der Waals surface area contributed by atoms with Crippen LogP contribution in [0.5, 0.6) is 5.75 Å². The van der Waals surface area contributed by atoms with E-state index in [0.717, 1.165) is 11.4 Å². The number of amides is 1. The summed E-state index contributed by atoms with van der Waals surface area (Å²) in [6.07, 6.45) is 1.55. The van der Waals surface area contributed by atoms with Crippen LogP contribution in [0.1, 0.15) is 16.9 Å². The average Bonchev–Trinajstić information content (AvgIpc) is 3.11. The van der Waals surface area contributed by atoms with E-state index in [9.17, 15) is 9.59 Å². The first-order valence-corrected chi connectivity index (χ1v) is 7.89. The summed E-state index contributed by atoms with van der Waals surface area (Å²) in [5, 5.41) is 13.3. The molecule has 1 amide bonds. The average molecular weight is 345 g/mol. The number of nitrogens with zero attached hydrogens (tertiary/aromatic N) is 3. The summed E-state index contributed by atoms with van der Waals surface area (Å²) in [6, 6.07) is 8.43. The zero-order valence-electron chi connectivity index (χ0n) is 13.8. The summed E-state index contributed by atoms with van der Waals surface area (Å²) in [7, 11) is 1.59. The number of carboxylic acid groups (broad SMARTS) is 1. The minimum Gasteiger partial charge on any atom is -0.497 e. The summed E-state index contributed by atoms with van der Waals surface area (Å²) >= 11 is 0. The Labute approximate surface area is 144 Å². The quantitative estimate of drug-likeness (QED) is 0.875. The second-order valence-electron chi connectivity index (χ2n) is 5.67. The zero-order valence-corrected chi connectivity index (χ0v) is 13.8. The van der Waals surface area contributed by atoms with Crippen LogP contribution >= 0.6 is 0 Å². The number of benzene rings is 1. The molecule has 132 valence electrons. The second kappa shape index (κ2) is 7.35. The first-order valence-electron chi connectivity index (χ1n) is 7.89. The fourth-order valence-electron chi connectivity index (χ4n) is 2.76. The molecule has 1 atom stereocenters. The molecule has 1 aliphatic heterocycles. The van der Waals surface area contributed by atoms with Crippen molar-refractivity contribution in [2.24, 2.45) is 0 Å². The molecule has 2 aromatic rings. The van der Waals surface area contributed by atoms with Crippen molar-refractivity contribution in [1.29, 1.82) is 0 Å². The lowest BCUT2D eigenvalue weighted by molar-refractivity contribution is -0.139. The van der Waals surface area contributed by atoms with Gasteiger partial charge in [0.05, 0.1) is 38.5 Å². The van der Waals surface area contributed by atoms with Gasteiger partial charge in [-0.25, -0.2) is 4.68 Å². The lowest BCUT2D eigenvalue weighted by atomic mass is 10.1. The third-order valence-electron chi connectivity index (χ3n) is 4.04. The third-order valence-corrected chi connectivity index (χ3v) is 4.04. The van der Waals surface area contributed by atoms with Gasteiger partial charge in [-0.15, -0.1) is 0 Å². The number of hydrogen-bond acceptors (Lipinski definition) is 5. The molecule has 0 spiro atoms. The highest BCUT2D eigenvalue weighted by Crippen LogP contribution is 2.17. The zero-order chi connectivity index (χ0) is 17.8. The van der Waals surface area contributed by atoms with E-state index < -0.39 is 12.0 Å². The van der Waals surface area contributed by atoms with E-state index in [1.165, 1.54) is 4.90 Å². The van der Waals surface area contributed by atoms with Crippen LogP contribution in [0.15, 0.2) is 36.5 Å². The van der Waals surface area contributed by atoms with Crippen LogP contribution in [0.4, 0.5) is 0 Å². The van der Waals surface area contributed by atoms with E-state index >= 15 is 0 Å². The Bertz CT molecular complexity index is 756. The van der Waals surface area contributed by atoms with Crippen LogP contribution < -0.4 is 4.74 Å². The van der Waals surface area contributed by atoms with Gasteiger partial charge in [-0.05, 0) is 30.3 Å². The van der Waals surface area contributed by atoms with Crippen molar-refractivity contribution < 1.29 is 24.2 Å². The molecule has 3 rings (SSSR count). The number of aliphatic carboxylic acids is 1. The minimum atomic E-state index is -0.961. The largest absolute Gasteiger partial charge is 0.497 e. The van der Waals surface area contributed by atoms with Gasteiger partial charge in [0.15, 0.2) is 5.69 Å². The van der Waals surface area contributed by atoms with Crippen LogP contribution in [-0.4, -0.2) is 64.6 Å². The Kier molecular flexibility index (Phi) is 4.99. The van der Waals surface area contributed by atoms with Crippen molar-refractivity contribution in [2.75, 3.05) is 26.9 Å². The number of rotatable bonds is 5. The van der Waals surface area contributed by atoms with E-state index in [-0.39, 0.29) is 24.6 Å². The summed E-state index contributed by atoms with van der Waals surface area (Å²) in [4.78, 5) is 25.2. The number of morpholine rings is 1. The molecule has 0 bridgehead atoms. The molecule has 1 aromatic carbocycles. The Morgan fingerprint density at radius 3 is 2.76 bits per heavy atom. The van der Waals surface area contributed by atoms with Gasteiger partial charge in [-0.1, -0.05) is 0 Å². The predicted octanol–water partition coefficient (Wildman–Crippen LogP) is 1.20. The molecule has 1 N–H and O–H groups in total. The van der Waals surface area contributed by atoms with Crippen molar-refractivity contribution >= 4 is 11.9 Å². The molecular formula is C17H19N3O5. The normalized spacial score (nSPS) is 17.3. The number of carbonyl (C=O) groups excluding carboxylic acids is 1. The number of carboxylic acids is 1. The maximum atomic E-state index is 12.7. The lowest BCUT2D eigenvalue weighted by Gasteiger charge is -2.34. The van der Waals surface area contributed by atoms with Gasteiger partial charge in [-0.2, -0.15) is 5.10 Å². The minimum absolute atomic E-state index is 0.148. The Hall–Kier alpha value is -2.87. The Morgan fingerprint density at radius 1 is 1.32 bits per heavy atom. The molecule has 1 fully saturated rings. The third kappa shape index (κ3) is 3.80. The molecule has 0 radical (unpaired) electrons. The van der Waals surface area contributed by atoms with Crippen molar-refractivity contribution in [3.05, 3.63) is 42.2 Å². The molecule has 0 aliphatic carbocycles. The van der Waals surface area contributed by atoms with Gasteiger partial charge in [0.2, 0.25) is 0 Å². The van der Waals surface area contributed by atoms with Gasteiger partial charge >= 0.3 is 5.97 Å². The molecule has 8 heteroatoms. The molecule has 2 heterocycles. The molecule has 1 aromatic heterocycles. The van der Waals surface area contributed by atoms with E-state index in [4.69, 9.17) is 14.6 Å². The number of ether oxygens (including phenoxy) is 2. The van der Waals surface area contributed by atoms with Crippen molar-refractivity contribution in [1.82, 2.24) is 14.7 Å². The molecule has 0 saturated carbocycles. The van der Waals surface area contributed by atoms with E-state index in [2.05, 4.69) is 5.10 Å². The SMILES string of the molecule is COc1ccc(-n2ccc(C(=O)N3CCOCC3CC(=O)O)n2)cc1. The van der Waals surface area contributed by atoms with Crippen molar-refractivity contribution in [3.63, 3.8) is 0 Å². The van der Waals surface area contributed by atoms with Crippen LogP contribution in [0.2, 0.25) is 0 Å². The second-order valence-corrected chi connectivity index (χ2v) is 5.67. The lowest BCUT2D eigenvalue weighted by Crippen LogP contribution is -2.49. The summed E-state index contributed by atoms with van der Waals surface area (Å²) in [5.41, 5.74) is 1.07. The van der Waals surface area contributed by atoms with Gasteiger partial charge in [0.25, 0.3) is 5.91 Å². The molecule has 25 heavy (non-hydrogen) atoms. The highest BCUT2D eigenvalue weighted by atomic mass is 16.5. The molecular weight excluding hydrogens is 326 g/mol. The number of carbonyl (C=O) groups is 2. The molecule has 1 unspecified atom stereocenters. The standard InChI is InChI=1S/C17H19N3O5/c1-24-14-4-2-12(3-5-14)20-7-6-15(18-20)17(23)19-8-9-25-11-13(19)10-16(21)22/h2-7,13H,8-11H2,1H3,(H,21,22). The number of aromatic nitrogens is 2. The van der Waals surface area contributed by atoms with Gasteiger partial charge in [0.1, 0.15) is 5.75 Å². The Balaban J connectivity index is 1.77. The fourth-order valence-corrected chi connectivity index (χ4v) is 2.76. The van der Waals surface area contributed by atoms with Gasteiger partial charge in [0, 0.05) is 12.7 Å². The van der Waals surface area contributed by atoms with E-state index in [1.54, 1.807) is 24.1 Å². The van der Waals surface area contributed by atoms with Crippen LogP contribution in [0, 0.1) is 0 Å².